The maximum Gasteiger partial charge on any atom is 0.326 e. The van der Waals surface area contributed by atoms with Gasteiger partial charge in [0.15, 0.2) is 0 Å². The van der Waals surface area contributed by atoms with Gasteiger partial charge in [-0.1, -0.05) is 0 Å². The quantitative estimate of drug-likeness (QED) is 0.665. The highest BCUT2D eigenvalue weighted by Crippen LogP contribution is 2.09. The number of hydrogen-bond donors (Lipinski definition) is 3. The Hall–Kier alpha value is -1.79. The van der Waals surface area contributed by atoms with E-state index in [2.05, 4.69) is 5.32 Å². The number of amides is 2. The minimum Gasteiger partial charge on any atom is -0.481 e. The monoisotopic (exact) mass is 258 g/mol. The lowest BCUT2D eigenvalue weighted by molar-refractivity contribution is -0.140. The molecule has 1 fully saturated rings. The van der Waals surface area contributed by atoms with E-state index in [-0.39, 0.29) is 12.8 Å². The van der Waals surface area contributed by atoms with E-state index in [1.807, 2.05) is 0 Å². The number of carbonyl (C=O) groups is 3. The number of carboxylic acid groups (broad SMARTS) is 2. The summed E-state index contributed by atoms with van der Waals surface area (Å²) in [6, 6.07) is -1.57. The molecule has 1 saturated heterocycles. The second-order valence-corrected chi connectivity index (χ2v) is 4.32. The zero-order valence-electron chi connectivity index (χ0n) is 10.1. The standard InChI is InChI=1S/C11H18N2O5/c14-9(15)5-4-8(10(16)17)12-11(18)13-6-2-1-3-7-13/h8H,1-7H2,(H,12,18)(H,14,15)(H,16,17)/t8-/m1/s1. The molecule has 1 heterocycles. The summed E-state index contributed by atoms with van der Waals surface area (Å²) in [5, 5.41) is 19.8. The van der Waals surface area contributed by atoms with Crippen LogP contribution < -0.4 is 5.32 Å². The van der Waals surface area contributed by atoms with E-state index in [1.54, 1.807) is 4.90 Å². The van der Waals surface area contributed by atoms with Crippen molar-refractivity contribution in [1.29, 1.82) is 0 Å². The number of rotatable bonds is 5. The topological polar surface area (TPSA) is 107 Å². The van der Waals surface area contributed by atoms with Crippen LogP contribution in [-0.2, 0) is 9.59 Å². The van der Waals surface area contributed by atoms with Crippen LogP contribution in [0.3, 0.4) is 0 Å². The Labute approximate surface area is 105 Å². The molecule has 0 aromatic rings. The Morgan fingerprint density at radius 2 is 1.72 bits per heavy atom. The molecule has 102 valence electrons. The number of carboxylic acids is 2. The van der Waals surface area contributed by atoms with Gasteiger partial charge >= 0.3 is 18.0 Å². The van der Waals surface area contributed by atoms with Crippen LogP contribution in [0.5, 0.6) is 0 Å². The third kappa shape index (κ3) is 4.60. The van der Waals surface area contributed by atoms with E-state index in [0.717, 1.165) is 19.3 Å². The van der Waals surface area contributed by atoms with Crippen LogP contribution in [0.2, 0.25) is 0 Å². The first-order valence-corrected chi connectivity index (χ1v) is 6.00. The van der Waals surface area contributed by atoms with E-state index < -0.39 is 24.0 Å². The van der Waals surface area contributed by atoms with E-state index in [9.17, 15) is 14.4 Å². The maximum absolute atomic E-state index is 11.8. The number of nitrogens with one attached hydrogen (secondary N) is 1. The summed E-state index contributed by atoms with van der Waals surface area (Å²) in [5.41, 5.74) is 0. The average molecular weight is 258 g/mol. The fourth-order valence-electron chi connectivity index (χ4n) is 1.86. The van der Waals surface area contributed by atoms with Crippen LogP contribution >= 0.6 is 0 Å². The number of likely N-dealkylation sites (tertiary alicyclic amines) is 1. The van der Waals surface area contributed by atoms with E-state index in [1.165, 1.54) is 0 Å². The Balaban J connectivity index is 2.46. The van der Waals surface area contributed by atoms with Gasteiger partial charge in [-0.05, 0) is 25.7 Å². The van der Waals surface area contributed by atoms with Crippen molar-refractivity contribution in [3.63, 3.8) is 0 Å². The van der Waals surface area contributed by atoms with Gasteiger partial charge in [-0.15, -0.1) is 0 Å². The Morgan fingerprint density at radius 3 is 2.22 bits per heavy atom. The maximum atomic E-state index is 11.8. The molecule has 3 N–H and O–H groups in total. The first-order chi connectivity index (χ1) is 8.50. The van der Waals surface area contributed by atoms with Crippen LogP contribution in [0.15, 0.2) is 0 Å². The van der Waals surface area contributed by atoms with Crippen molar-refractivity contribution in [2.75, 3.05) is 13.1 Å². The SMILES string of the molecule is O=C(O)CC[C@@H](NC(=O)N1CCCCC1)C(=O)O. The summed E-state index contributed by atoms with van der Waals surface area (Å²) in [5.74, 6) is -2.28. The van der Waals surface area contributed by atoms with Gasteiger partial charge in [0, 0.05) is 19.5 Å². The van der Waals surface area contributed by atoms with Crippen molar-refractivity contribution in [3.05, 3.63) is 0 Å². The van der Waals surface area contributed by atoms with Crippen molar-refractivity contribution in [3.8, 4) is 0 Å². The van der Waals surface area contributed by atoms with Gasteiger partial charge in [0.2, 0.25) is 0 Å². The Morgan fingerprint density at radius 1 is 1.11 bits per heavy atom. The largest absolute Gasteiger partial charge is 0.481 e. The van der Waals surface area contributed by atoms with Gasteiger partial charge in [-0.2, -0.15) is 0 Å². The number of hydrogen-bond acceptors (Lipinski definition) is 3. The number of carbonyl (C=O) groups excluding carboxylic acids is 1. The molecule has 0 aromatic heterocycles. The van der Waals surface area contributed by atoms with Gasteiger partial charge in [0.1, 0.15) is 6.04 Å². The molecule has 0 aromatic carbocycles. The molecule has 18 heavy (non-hydrogen) atoms. The predicted octanol–water partition coefficient (Wildman–Crippen LogP) is 0.500. The van der Waals surface area contributed by atoms with Gasteiger partial charge in [0.05, 0.1) is 0 Å². The van der Waals surface area contributed by atoms with Gasteiger partial charge in [-0.3, -0.25) is 4.79 Å². The van der Waals surface area contributed by atoms with Crippen molar-refractivity contribution in [1.82, 2.24) is 10.2 Å². The van der Waals surface area contributed by atoms with Crippen LogP contribution in [0.4, 0.5) is 4.79 Å². The van der Waals surface area contributed by atoms with E-state index >= 15 is 0 Å². The van der Waals surface area contributed by atoms with Crippen molar-refractivity contribution in [2.45, 2.75) is 38.1 Å². The summed E-state index contributed by atoms with van der Waals surface area (Å²) in [4.78, 5) is 34.6. The molecule has 0 unspecified atom stereocenters. The molecule has 2 amide bonds. The number of urea groups is 1. The molecule has 0 aliphatic carbocycles. The summed E-state index contributed by atoms with van der Waals surface area (Å²) in [7, 11) is 0. The lowest BCUT2D eigenvalue weighted by atomic mass is 10.1. The second kappa shape index (κ2) is 6.83. The summed E-state index contributed by atoms with van der Waals surface area (Å²) >= 11 is 0. The highest BCUT2D eigenvalue weighted by molar-refractivity contribution is 5.83. The van der Waals surface area contributed by atoms with Crippen LogP contribution in [0.25, 0.3) is 0 Å². The normalized spacial score (nSPS) is 17.0. The van der Waals surface area contributed by atoms with Gasteiger partial charge in [-0.25, -0.2) is 9.59 Å². The molecule has 1 aliphatic rings. The van der Waals surface area contributed by atoms with Crippen LogP contribution in [0, 0.1) is 0 Å². The smallest absolute Gasteiger partial charge is 0.326 e. The van der Waals surface area contributed by atoms with Crippen molar-refractivity contribution >= 4 is 18.0 Å². The highest BCUT2D eigenvalue weighted by Gasteiger charge is 2.24. The molecule has 7 heteroatoms. The first kappa shape index (κ1) is 14.3. The molecule has 1 rings (SSSR count). The lowest BCUT2D eigenvalue weighted by Crippen LogP contribution is -2.49. The molecule has 0 spiro atoms. The molecular formula is C11H18N2O5. The summed E-state index contributed by atoms with van der Waals surface area (Å²) < 4.78 is 0. The molecule has 1 atom stereocenters. The number of piperidine rings is 1. The fraction of sp³-hybridized carbons (Fsp3) is 0.727. The number of nitrogens with zero attached hydrogens (tertiary/aromatic N) is 1. The molecule has 0 bridgehead atoms. The molecule has 0 radical (unpaired) electrons. The average Bonchev–Trinajstić information content (AvgIpc) is 2.34. The summed E-state index contributed by atoms with van der Waals surface area (Å²) in [6.45, 7) is 1.24. The zero-order chi connectivity index (χ0) is 13.5. The molecular weight excluding hydrogens is 240 g/mol. The zero-order valence-corrected chi connectivity index (χ0v) is 10.1. The van der Waals surface area contributed by atoms with E-state index in [4.69, 9.17) is 10.2 Å². The second-order valence-electron chi connectivity index (χ2n) is 4.32. The fourth-order valence-corrected chi connectivity index (χ4v) is 1.86. The summed E-state index contributed by atoms with van der Waals surface area (Å²) in [6.07, 6.45) is 2.52. The van der Waals surface area contributed by atoms with Crippen LogP contribution in [-0.4, -0.2) is 52.2 Å². The van der Waals surface area contributed by atoms with Crippen molar-refractivity contribution in [2.24, 2.45) is 0 Å². The van der Waals surface area contributed by atoms with Gasteiger partial charge in [0.25, 0.3) is 0 Å². The third-order valence-electron chi connectivity index (χ3n) is 2.89. The van der Waals surface area contributed by atoms with Crippen molar-refractivity contribution < 1.29 is 24.6 Å². The lowest BCUT2D eigenvalue weighted by Gasteiger charge is -2.28. The molecule has 0 saturated carbocycles. The minimum absolute atomic E-state index is 0.107. The Kier molecular flexibility index (Phi) is 5.41. The van der Waals surface area contributed by atoms with E-state index in [0.29, 0.717) is 13.1 Å². The highest BCUT2D eigenvalue weighted by atomic mass is 16.4. The predicted molar refractivity (Wildman–Crippen MR) is 62.2 cm³/mol. The number of aliphatic carboxylic acids is 2. The third-order valence-corrected chi connectivity index (χ3v) is 2.89. The molecule has 7 nitrogen and oxygen atoms in total. The van der Waals surface area contributed by atoms with Gasteiger partial charge < -0.3 is 20.4 Å². The van der Waals surface area contributed by atoms with Crippen LogP contribution in [0.1, 0.15) is 32.1 Å². The minimum atomic E-state index is -1.21. The Bertz CT molecular complexity index is 325. The first-order valence-electron chi connectivity index (χ1n) is 6.00. The molecule has 1 aliphatic heterocycles.